The molecule has 0 spiro atoms. The van der Waals surface area contributed by atoms with E-state index >= 15 is 0 Å². The Hall–Kier alpha value is -3.54. The van der Waals surface area contributed by atoms with Gasteiger partial charge in [-0.15, -0.1) is 0 Å². The predicted molar refractivity (Wildman–Crippen MR) is 107 cm³/mol. The summed E-state index contributed by atoms with van der Waals surface area (Å²) < 4.78 is 11.0. The number of fused-ring (bicyclic) bond motifs is 1. The van der Waals surface area contributed by atoms with Crippen LogP contribution in [0.15, 0.2) is 66.7 Å². The second-order valence-corrected chi connectivity index (χ2v) is 6.41. The maximum atomic E-state index is 12.1. The van der Waals surface area contributed by atoms with Gasteiger partial charge in [-0.25, -0.2) is 0 Å². The number of hydrazine groups is 1. The highest BCUT2D eigenvalue weighted by atomic mass is 16.5. The van der Waals surface area contributed by atoms with Gasteiger partial charge in [0.2, 0.25) is 0 Å². The molecule has 3 aromatic rings. The van der Waals surface area contributed by atoms with E-state index in [1.165, 1.54) is 0 Å². The molecule has 0 aliphatic heterocycles. The van der Waals surface area contributed by atoms with E-state index in [0.29, 0.717) is 11.5 Å². The van der Waals surface area contributed by atoms with Gasteiger partial charge in [0, 0.05) is 0 Å². The van der Waals surface area contributed by atoms with Crippen molar-refractivity contribution < 1.29 is 19.1 Å². The number of aryl methyl sites for hydroxylation is 1. The van der Waals surface area contributed by atoms with Crippen molar-refractivity contribution in [3.05, 3.63) is 72.3 Å². The van der Waals surface area contributed by atoms with Gasteiger partial charge in [-0.05, 0) is 48.9 Å². The number of carbonyl (C=O) groups excluding carboxylic acids is 2. The largest absolute Gasteiger partial charge is 0.484 e. The quantitative estimate of drug-likeness (QED) is 0.646. The summed E-state index contributed by atoms with van der Waals surface area (Å²) in [4.78, 5) is 24.0. The summed E-state index contributed by atoms with van der Waals surface area (Å²) in [6.07, 6.45) is -0.778. The highest BCUT2D eigenvalue weighted by molar-refractivity contribution is 5.86. The average molecular weight is 378 g/mol. The fourth-order valence-corrected chi connectivity index (χ4v) is 2.55. The molecule has 0 heterocycles. The van der Waals surface area contributed by atoms with Gasteiger partial charge in [-0.2, -0.15) is 0 Å². The van der Waals surface area contributed by atoms with Crippen molar-refractivity contribution in [1.29, 1.82) is 0 Å². The molecule has 3 aromatic carbocycles. The van der Waals surface area contributed by atoms with E-state index in [4.69, 9.17) is 9.47 Å². The highest BCUT2D eigenvalue weighted by Gasteiger charge is 2.15. The van der Waals surface area contributed by atoms with Gasteiger partial charge in [-0.3, -0.25) is 20.4 Å². The van der Waals surface area contributed by atoms with Crippen LogP contribution in [0.5, 0.6) is 11.5 Å². The number of hydrogen-bond donors (Lipinski definition) is 2. The summed E-state index contributed by atoms with van der Waals surface area (Å²) in [5.74, 6) is 0.235. The molecule has 6 nitrogen and oxygen atoms in total. The van der Waals surface area contributed by atoms with Crippen LogP contribution in [0, 0.1) is 6.92 Å². The Morgan fingerprint density at radius 3 is 2.32 bits per heavy atom. The van der Waals surface area contributed by atoms with Crippen LogP contribution in [0.2, 0.25) is 0 Å². The zero-order valence-electron chi connectivity index (χ0n) is 15.8. The van der Waals surface area contributed by atoms with Crippen molar-refractivity contribution in [1.82, 2.24) is 10.9 Å². The number of amides is 2. The molecule has 0 bridgehead atoms. The molecule has 144 valence electrons. The molecule has 0 saturated carbocycles. The number of benzene rings is 3. The molecule has 0 aliphatic carbocycles. The van der Waals surface area contributed by atoms with Gasteiger partial charge in [0.1, 0.15) is 11.5 Å². The smallest absolute Gasteiger partial charge is 0.279 e. The predicted octanol–water partition coefficient (Wildman–Crippen LogP) is 3.14. The van der Waals surface area contributed by atoms with Gasteiger partial charge >= 0.3 is 0 Å². The van der Waals surface area contributed by atoms with Crippen LogP contribution < -0.4 is 20.3 Å². The number of rotatable bonds is 6. The van der Waals surface area contributed by atoms with E-state index in [-0.39, 0.29) is 6.61 Å². The van der Waals surface area contributed by atoms with Crippen LogP contribution >= 0.6 is 0 Å². The van der Waals surface area contributed by atoms with Gasteiger partial charge in [0.25, 0.3) is 11.8 Å². The molecule has 1 atom stereocenters. The molecule has 3 rings (SSSR count). The fourth-order valence-electron chi connectivity index (χ4n) is 2.55. The Balaban J connectivity index is 1.45. The van der Waals surface area contributed by atoms with Crippen molar-refractivity contribution in [3.8, 4) is 11.5 Å². The van der Waals surface area contributed by atoms with Gasteiger partial charge < -0.3 is 9.47 Å². The molecular formula is C22H22N2O4. The normalized spacial score (nSPS) is 11.5. The summed E-state index contributed by atoms with van der Waals surface area (Å²) in [5.41, 5.74) is 5.76. The lowest BCUT2D eigenvalue weighted by Gasteiger charge is -2.15. The summed E-state index contributed by atoms with van der Waals surface area (Å²) in [6.45, 7) is 3.37. The van der Waals surface area contributed by atoms with E-state index in [1.807, 2.05) is 55.5 Å². The van der Waals surface area contributed by atoms with Gasteiger partial charge in [-0.1, -0.05) is 48.0 Å². The fraction of sp³-hybridized carbons (Fsp3) is 0.182. The van der Waals surface area contributed by atoms with Crippen LogP contribution in [0.4, 0.5) is 0 Å². The molecule has 0 unspecified atom stereocenters. The van der Waals surface area contributed by atoms with Crippen molar-refractivity contribution in [2.24, 2.45) is 0 Å². The van der Waals surface area contributed by atoms with Gasteiger partial charge in [0.15, 0.2) is 12.7 Å². The monoisotopic (exact) mass is 378 g/mol. The van der Waals surface area contributed by atoms with Crippen molar-refractivity contribution in [2.75, 3.05) is 6.61 Å². The van der Waals surface area contributed by atoms with E-state index in [1.54, 1.807) is 25.1 Å². The first-order valence-corrected chi connectivity index (χ1v) is 8.95. The van der Waals surface area contributed by atoms with Crippen LogP contribution in [0.3, 0.4) is 0 Å². The molecule has 0 saturated heterocycles. The average Bonchev–Trinajstić information content (AvgIpc) is 2.71. The standard InChI is InChI=1S/C22H22N2O4/c1-15-7-10-19(11-8-15)27-14-21(25)23-24-22(26)16(2)28-20-12-9-17-5-3-4-6-18(17)13-20/h3-13,16H,14H2,1-2H3,(H,23,25)(H,24,26)/t16-/m1/s1. The molecule has 2 N–H and O–H groups in total. The molecule has 0 fully saturated rings. The highest BCUT2D eigenvalue weighted by Crippen LogP contribution is 2.21. The second kappa shape index (κ2) is 8.90. The first kappa shape index (κ1) is 19.2. The third-order valence-corrected chi connectivity index (χ3v) is 4.12. The van der Waals surface area contributed by atoms with Gasteiger partial charge in [0.05, 0.1) is 0 Å². The number of carbonyl (C=O) groups is 2. The maximum Gasteiger partial charge on any atom is 0.279 e. The zero-order chi connectivity index (χ0) is 19.9. The SMILES string of the molecule is Cc1ccc(OCC(=O)NNC(=O)[C@@H](C)Oc2ccc3ccccc3c2)cc1. The first-order chi connectivity index (χ1) is 13.5. The Bertz CT molecular complexity index is 970. The van der Waals surface area contributed by atoms with E-state index < -0.39 is 17.9 Å². The summed E-state index contributed by atoms with van der Waals surface area (Å²) >= 11 is 0. The van der Waals surface area contributed by atoms with Crippen LogP contribution in [0.1, 0.15) is 12.5 Å². The topological polar surface area (TPSA) is 76.7 Å². The molecular weight excluding hydrogens is 356 g/mol. The Labute approximate surface area is 163 Å². The van der Waals surface area contributed by atoms with E-state index in [2.05, 4.69) is 10.9 Å². The van der Waals surface area contributed by atoms with E-state index in [9.17, 15) is 9.59 Å². The molecule has 28 heavy (non-hydrogen) atoms. The number of nitrogens with one attached hydrogen (secondary N) is 2. The van der Waals surface area contributed by atoms with Crippen molar-refractivity contribution in [3.63, 3.8) is 0 Å². The lowest BCUT2D eigenvalue weighted by atomic mass is 10.1. The number of ether oxygens (including phenoxy) is 2. The summed E-state index contributed by atoms with van der Waals surface area (Å²) in [6, 6.07) is 20.8. The Kier molecular flexibility index (Phi) is 6.11. The minimum absolute atomic E-state index is 0.205. The lowest BCUT2D eigenvalue weighted by molar-refractivity contribution is -0.133. The van der Waals surface area contributed by atoms with Crippen LogP contribution in [-0.2, 0) is 9.59 Å². The minimum Gasteiger partial charge on any atom is -0.484 e. The molecule has 6 heteroatoms. The first-order valence-electron chi connectivity index (χ1n) is 8.95. The molecule has 2 amide bonds. The third-order valence-electron chi connectivity index (χ3n) is 4.12. The summed E-state index contributed by atoms with van der Waals surface area (Å²) in [7, 11) is 0. The molecule has 0 aliphatic rings. The van der Waals surface area contributed by atoms with Crippen molar-refractivity contribution >= 4 is 22.6 Å². The third kappa shape index (κ3) is 5.23. The molecule has 0 aromatic heterocycles. The van der Waals surface area contributed by atoms with Crippen LogP contribution in [-0.4, -0.2) is 24.5 Å². The number of hydrogen-bond acceptors (Lipinski definition) is 4. The minimum atomic E-state index is -0.778. The Morgan fingerprint density at radius 1 is 0.893 bits per heavy atom. The molecule has 0 radical (unpaired) electrons. The van der Waals surface area contributed by atoms with Crippen LogP contribution in [0.25, 0.3) is 10.8 Å². The second-order valence-electron chi connectivity index (χ2n) is 6.41. The Morgan fingerprint density at radius 2 is 1.57 bits per heavy atom. The van der Waals surface area contributed by atoms with Crippen molar-refractivity contribution in [2.45, 2.75) is 20.0 Å². The zero-order valence-corrected chi connectivity index (χ0v) is 15.8. The summed E-state index contributed by atoms with van der Waals surface area (Å²) in [5, 5.41) is 2.11. The van der Waals surface area contributed by atoms with E-state index in [0.717, 1.165) is 16.3 Å². The maximum absolute atomic E-state index is 12.1. The lowest BCUT2D eigenvalue weighted by Crippen LogP contribution is -2.48.